The van der Waals surface area contributed by atoms with Gasteiger partial charge in [0.2, 0.25) is 0 Å². The lowest BCUT2D eigenvalue weighted by molar-refractivity contribution is -0.140. The molecule has 7 heteroatoms. The Morgan fingerprint density at radius 3 is 2.45 bits per heavy atom. The van der Waals surface area contributed by atoms with E-state index in [1.165, 1.54) is 0 Å². The van der Waals surface area contributed by atoms with Crippen molar-refractivity contribution < 1.29 is 13.2 Å². The molecule has 0 aliphatic rings. The maximum Gasteiger partial charge on any atom is 0.434 e. The highest BCUT2D eigenvalue weighted by Gasteiger charge is 2.34. The Labute approximate surface area is 130 Å². The van der Waals surface area contributed by atoms with Crippen molar-refractivity contribution >= 4 is 16.5 Å². The third-order valence-corrected chi connectivity index (χ3v) is 3.90. The molecule has 0 aliphatic carbocycles. The number of rotatable bonds is 5. The molecule has 0 fully saturated rings. The Morgan fingerprint density at radius 1 is 1.27 bits per heavy atom. The Kier molecular flexibility index (Phi) is 5.03. The number of nitriles is 1. The summed E-state index contributed by atoms with van der Waals surface area (Å²) in [6.45, 7) is 3.04. The maximum absolute atomic E-state index is 12.7. The van der Waals surface area contributed by atoms with Gasteiger partial charge in [0.05, 0.1) is 11.6 Å². The first-order chi connectivity index (χ1) is 10.4. The largest absolute Gasteiger partial charge is 0.434 e. The van der Waals surface area contributed by atoms with Crippen molar-refractivity contribution in [1.29, 1.82) is 5.26 Å². The number of anilines is 1. The van der Waals surface area contributed by atoms with Gasteiger partial charge in [0.15, 0.2) is 10.8 Å². The van der Waals surface area contributed by atoms with E-state index >= 15 is 0 Å². The molecule has 0 saturated carbocycles. The van der Waals surface area contributed by atoms with Gasteiger partial charge in [0.1, 0.15) is 0 Å². The lowest BCUT2D eigenvalue weighted by Gasteiger charge is -2.21. The number of nitrogens with zero attached hydrogens (tertiary/aromatic N) is 3. The smallest absolute Gasteiger partial charge is 0.344 e. The van der Waals surface area contributed by atoms with E-state index in [9.17, 15) is 13.2 Å². The summed E-state index contributed by atoms with van der Waals surface area (Å²) in [5, 5.41) is 10.2. The normalized spacial score (nSPS) is 11.2. The Hall–Kier alpha value is -2.07. The second-order valence-corrected chi connectivity index (χ2v) is 5.58. The van der Waals surface area contributed by atoms with Gasteiger partial charge in [-0.05, 0) is 24.1 Å². The van der Waals surface area contributed by atoms with Crippen LogP contribution < -0.4 is 4.90 Å². The highest BCUT2D eigenvalue weighted by atomic mass is 32.1. The lowest BCUT2D eigenvalue weighted by atomic mass is 10.1. The molecule has 0 aliphatic heterocycles. The molecule has 0 N–H and O–H groups in total. The molecule has 2 aromatic rings. The zero-order valence-electron chi connectivity index (χ0n) is 11.9. The average Bonchev–Trinajstić information content (AvgIpc) is 2.97. The van der Waals surface area contributed by atoms with Crippen LogP contribution in [-0.4, -0.2) is 11.5 Å². The van der Waals surface area contributed by atoms with Crippen LogP contribution in [0.3, 0.4) is 0 Å². The number of benzene rings is 1. The molecule has 0 bridgehead atoms. The van der Waals surface area contributed by atoms with Crippen LogP contribution in [0, 0.1) is 11.3 Å². The lowest BCUT2D eigenvalue weighted by Crippen LogP contribution is -2.23. The van der Waals surface area contributed by atoms with Gasteiger partial charge in [-0.15, -0.1) is 11.3 Å². The van der Waals surface area contributed by atoms with Crippen molar-refractivity contribution in [2.24, 2.45) is 0 Å². The van der Waals surface area contributed by atoms with Crippen molar-refractivity contribution in [3.05, 3.63) is 46.5 Å². The van der Waals surface area contributed by atoms with Gasteiger partial charge in [-0.3, -0.25) is 0 Å². The number of thiazole rings is 1. The van der Waals surface area contributed by atoms with Crippen LogP contribution in [0.5, 0.6) is 0 Å². The van der Waals surface area contributed by atoms with E-state index in [4.69, 9.17) is 5.26 Å². The molecule has 1 aromatic carbocycles. The third kappa shape index (κ3) is 3.98. The van der Waals surface area contributed by atoms with Crippen LogP contribution in [0.1, 0.15) is 30.2 Å². The highest BCUT2D eigenvalue weighted by molar-refractivity contribution is 7.13. The standard InChI is InChI=1S/C15H14F3N3S/c1-2-7-21(9-12-5-3-11(8-19)4-6-12)14-20-13(10-22-14)15(16,17)18/h3-6,10H,2,7,9H2,1H3. The molecule has 22 heavy (non-hydrogen) atoms. The molecule has 1 heterocycles. The second kappa shape index (κ2) is 6.79. The minimum atomic E-state index is -4.42. The van der Waals surface area contributed by atoms with Crippen LogP contribution >= 0.6 is 11.3 Å². The quantitative estimate of drug-likeness (QED) is 0.815. The van der Waals surface area contributed by atoms with Gasteiger partial charge < -0.3 is 4.90 Å². The molecular weight excluding hydrogens is 311 g/mol. The summed E-state index contributed by atoms with van der Waals surface area (Å²) in [5.74, 6) is 0. The van der Waals surface area contributed by atoms with Crippen molar-refractivity contribution in [2.45, 2.75) is 26.1 Å². The van der Waals surface area contributed by atoms with Gasteiger partial charge in [0.25, 0.3) is 0 Å². The average molecular weight is 325 g/mol. The molecule has 116 valence electrons. The molecule has 0 spiro atoms. The molecule has 0 unspecified atom stereocenters. The zero-order valence-corrected chi connectivity index (χ0v) is 12.7. The Bertz CT molecular complexity index is 656. The molecular formula is C15H14F3N3S. The van der Waals surface area contributed by atoms with Crippen molar-refractivity contribution in [2.75, 3.05) is 11.4 Å². The fraction of sp³-hybridized carbons (Fsp3) is 0.333. The van der Waals surface area contributed by atoms with Crippen LogP contribution in [0.2, 0.25) is 0 Å². The summed E-state index contributed by atoms with van der Waals surface area (Å²) in [6.07, 6.45) is -3.61. The van der Waals surface area contributed by atoms with Crippen molar-refractivity contribution in [3.8, 4) is 6.07 Å². The maximum atomic E-state index is 12.7. The molecule has 3 nitrogen and oxygen atoms in total. The number of hydrogen-bond donors (Lipinski definition) is 0. The summed E-state index contributed by atoms with van der Waals surface area (Å²) in [6, 6.07) is 9.04. The van der Waals surface area contributed by atoms with Crippen molar-refractivity contribution in [3.63, 3.8) is 0 Å². The Morgan fingerprint density at radius 2 is 1.95 bits per heavy atom. The predicted molar refractivity (Wildman–Crippen MR) is 79.6 cm³/mol. The van der Waals surface area contributed by atoms with Gasteiger partial charge in [-0.1, -0.05) is 19.1 Å². The summed E-state index contributed by atoms with van der Waals surface area (Å²) < 4.78 is 38.0. The Balaban J connectivity index is 2.18. The number of alkyl halides is 3. The summed E-state index contributed by atoms with van der Waals surface area (Å²) in [4.78, 5) is 5.52. The van der Waals surface area contributed by atoms with Crippen LogP contribution in [0.4, 0.5) is 18.3 Å². The van der Waals surface area contributed by atoms with E-state index in [0.717, 1.165) is 28.7 Å². The van der Waals surface area contributed by atoms with E-state index < -0.39 is 11.9 Å². The molecule has 0 amide bonds. The fourth-order valence-electron chi connectivity index (χ4n) is 1.96. The first-order valence-corrected chi connectivity index (χ1v) is 7.58. The SMILES string of the molecule is CCCN(Cc1ccc(C#N)cc1)c1nc(C(F)(F)F)cs1. The van der Waals surface area contributed by atoms with E-state index in [0.29, 0.717) is 23.8 Å². The van der Waals surface area contributed by atoms with Crippen LogP contribution in [0.15, 0.2) is 29.6 Å². The topological polar surface area (TPSA) is 39.9 Å². The molecule has 1 aromatic heterocycles. The van der Waals surface area contributed by atoms with Crippen molar-refractivity contribution in [1.82, 2.24) is 4.98 Å². The summed E-state index contributed by atoms with van der Waals surface area (Å²) in [5.41, 5.74) is 0.629. The fourth-order valence-corrected chi connectivity index (χ4v) is 2.82. The van der Waals surface area contributed by atoms with E-state index in [2.05, 4.69) is 4.98 Å². The van der Waals surface area contributed by atoms with Gasteiger partial charge in [0, 0.05) is 18.5 Å². The number of hydrogen-bond acceptors (Lipinski definition) is 4. The van der Waals surface area contributed by atoms with Gasteiger partial charge in [-0.25, -0.2) is 4.98 Å². The van der Waals surface area contributed by atoms with E-state index in [1.54, 1.807) is 24.3 Å². The minimum Gasteiger partial charge on any atom is -0.344 e. The van der Waals surface area contributed by atoms with Gasteiger partial charge in [-0.2, -0.15) is 18.4 Å². The van der Waals surface area contributed by atoms with Crippen LogP contribution in [0.25, 0.3) is 0 Å². The first kappa shape index (κ1) is 16.3. The summed E-state index contributed by atoms with van der Waals surface area (Å²) in [7, 11) is 0. The second-order valence-electron chi connectivity index (χ2n) is 4.74. The minimum absolute atomic E-state index is 0.360. The monoisotopic (exact) mass is 325 g/mol. The molecule has 0 saturated heterocycles. The summed E-state index contributed by atoms with van der Waals surface area (Å²) >= 11 is 0.994. The molecule has 0 atom stereocenters. The van der Waals surface area contributed by atoms with E-state index in [1.807, 2.05) is 17.9 Å². The van der Waals surface area contributed by atoms with Crippen LogP contribution in [-0.2, 0) is 12.7 Å². The highest BCUT2D eigenvalue weighted by Crippen LogP contribution is 2.33. The molecule has 2 rings (SSSR count). The zero-order chi connectivity index (χ0) is 16.2. The number of halogens is 3. The predicted octanol–water partition coefficient (Wildman–Crippen LogP) is 4.45. The number of aromatic nitrogens is 1. The first-order valence-electron chi connectivity index (χ1n) is 6.70. The van der Waals surface area contributed by atoms with Gasteiger partial charge >= 0.3 is 6.18 Å². The molecule has 0 radical (unpaired) electrons. The third-order valence-electron chi connectivity index (χ3n) is 3.00. The van der Waals surface area contributed by atoms with E-state index in [-0.39, 0.29) is 0 Å².